The van der Waals surface area contributed by atoms with E-state index >= 15 is 0 Å². The van der Waals surface area contributed by atoms with Crippen LogP contribution in [0.3, 0.4) is 0 Å². The van der Waals surface area contributed by atoms with Gasteiger partial charge >= 0.3 is 5.97 Å². The van der Waals surface area contributed by atoms with Gasteiger partial charge in [-0.1, -0.05) is 124 Å². The lowest BCUT2D eigenvalue weighted by molar-refractivity contribution is 0.0526. The number of carbonyl (C=O) groups excluding carboxylic acids is 1. The van der Waals surface area contributed by atoms with Gasteiger partial charge in [0.2, 0.25) is 0 Å². The first kappa shape index (κ1) is 38.3. The van der Waals surface area contributed by atoms with Crippen LogP contribution < -0.4 is 19.8 Å². The molecule has 1 aliphatic carbocycles. The zero-order chi connectivity index (χ0) is 39.6. The number of esters is 1. The maximum absolute atomic E-state index is 13.1. The van der Waals surface area contributed by atoms with Gasteiger partial charge < -0.3 is 27.6 Å². The number of fused-ring (bicyclic) bond motifs is 2. The molecule has 0 unspecified atom stereocenters. The third-order valence-corrected chi connectivity index (χ3v) is 16.2. The Morgan fingerprint density at radius 3 is 2.11 bits per heavy atom. The summed E-state index contributed by atoms with van der Waals surface area (Å²) in [5, 5.41) is 4.17. The van der Waals surface area contributed by atoms with Crippen molar-refractivity contribution in [1.82, 2.24) is 4.57 Å². The molecule has 0 aliphatic heterocycles. The van der Waals surface area contributed by atoms with E-state index in [0.717, 1.165) is 51.2 Å². The van der Waals surface area contributed by atoms with Crippen LogP contribution in [0, 0.1) is 5.92 Å². The molecule has 2 aromatic heterocycles. The minimum Gasteiger partial charge on any atom is -0.496 e. The minimum atomic E-state index is -2.84. The van der Waals surface area contributed by atoms with E-state index in [1.807, 2.05) is 18.2 Å². The molecular formula is C49H51NO6Si. The lowest BCUT2D eigenvalue weighted by Gasteiger charge is -2.43. The standard InChI is InChI=1S/C49H51NO6Si/c1-6-53-48(51)37-30-43(52-5)45-40(27-28-55-57(49(2,3)4,38-20-12-8-13-21-38)39-22-14-9-15-23-39)47(56-44(45)31-37)41-29-36-19-16-24-42(46(36)50(41)32-34-25-26-34)54-33-35-17-10-7-11-18-35/h7-24,29-31,34H,6,25-28,32-33H2,1-5H3. The van der Waals surface area contributed by atoms with Crippen molar-refractivity contribution in [3.05, 3.63) is 144 Å². The van der Waals surface area contributed by atoms with Gasteiger partial charge in [-0.3, -0.25) is 0 Å². The van der Waals surface area contributed by atoms with E-state index in [9.17, 15) is 4.79 Å². The Morgan fingerprint density at radius 2 is 1.49 bits per heavy atom. The maximum Gasteiger partial charge on any atom is 0.338 e. The number of benzene rings is 5. The normalized spacial score (nSPS) is 13.3. The van der Waals surface area contributed by atoms with E-state index in [4.69, 9.17) is 23.1 Å². The Morgan fingerprint density at radius 1 is 0.825 bits per heavy atom. The van der Waals surface area contributed by atoms with Gasteiger partial charge in [0.1, 0.15) is 23.7 Å². The first-order valence-electron chi connectivity index (χ1n) is 20.1. The molecule has 8 rings (SSSR count). The number of nitrogens with zero attached hydrogens (tertiary/aromatic N) is 1. The summed E-state index contributed by atoms with van der Waals surface area (Å²) in [6, 6.07) is 43.7. The zero-order valence-electron chi connectivity index (χ0n) is 33.5. The van der Waals surface area contributed by atoms with Crippen molar-refractivity contribution in [3.8, 4) is 23.0 Å². The highest BCUT2D eigenvalue weighted by Crippen LogP contribution is 2.45. The van der Waals surface area contributed by atoms with Gasteiger partial charge in [0, 0.05) is 24.1 Å². The Hall–Kier alpha value is -5.57. The van der Waals surface area contributed by atoms with Crippen molar-refractivity contribution in [1.29, 1.82) is 0 Å². The molecule has 1 aliphatic rings. The van der Waals surface area contributed by atoms with Crippen LogP contribution in [0.4, 0.5) is 0 Å². The van der Waals surface area contributed by atoms with Crippen LogP contribution in [0.2, 0.25) is 5.04 Å². The van der Waals surface area contributed by atoms with Crippen LogP contribution in [-0.4, -0.2) is 39.2 Å². The summed E-state index contributed by atoms with van der Waals surface area (Å²) in [4.78, 5) is 13.1. The smallest absolute Gasteiger partial charge is 0.338 e. The Balaban J connectivity index is 1.28. The highest BCUT2D eigenvalue weighted by atomic mass is 28.4. The predicted octanol–water partition coefficient (Wildman–Crippen LogP) is 10.3. The summed E-state index contributed by atoms with van der Waals surface area (Å²) in [6.07, 6.45) is 2.91. The molecule has 0 radical (unpaired) electrons. The molecule has 0 amide bonds. The molecule has 0 saturated heterocycles. The first-order valence-corrected chi connectivity index (χ1v) is 22.0. The number of aromatic nitrogens is 1. The van der Waals surface area contributed by atoms with Gasteiger partial charge in [0.15, 0.2) is 5.76 Å². The molecule has 0 bridgehead atoms. The topological polar surface area (TPSA) is 72.1 Å². The third-order valence-electron chi connectivity index (χ3n) is 11.2. The SMILES string of the molecule is CCOC(=O)c1cc(OC)c2c(CCO[Si](c3ccccc3)(c3ccccc3)C(C)(C)C)c(-c3cc4cccc(OCc5ccccc5)c4n3CC3CC3)oc2c1. The number of rotatable bonds is 15. The summed E-state index contributed by atoms with van der Waals surface area (Å²) in [7, 11) is -1.20. The van der Waals surface area contributed by atoms with Crippen LogP contribution in [0.5, 0.6) is 11.5 Å². The molecule has 57 heavy (non-hydrogen) atoms. The number of carbonyl (C=O) groups is 1. The van der Waals surface area contributed by atoms with Crippen LogP contribution in [-0.2, 0) is 28.7 Å². The molecule has 0 spiro atoms. The van der Waals surface area contributed by atoms with Gasteiger partial charge in [0.25, 0.3) is 8.32 Å². The molecule has 7 nitrogen and oxygen atoms in total. The second-order valence-electron chi connectivity index (χ2n) is 16.0. The largest absolute Gasteiger partial charge is 0.496 e. The van der Waals surface area contributed by atoms with E-state index in [0.29, 0.717) is 42.4 Å². The number of hydrogen-bond acceptors (Lipinski definition) is 6. The van der Waals surface area contributed by atoms with Crippen LogP contribution in [0.15, 0.2) is 132 Å². The molecule has 2 heterocycles. The summed E-state index contributed by atoms with van der Waals surface area (Å²) in [6.45, 7) is 10.7. The summed E-state index contributed by atoms with van der Waals surface area (Å²) >= 11 is 0. The maximum atomic E-state index is 13.1. The molecule has 0 N–H and O–H groups in total. The fraction of sp³-hybridized carbons (Fsp3) is 0.286. The second kappa shape index (κ2) is 16.1. The van der Waals surface area contributed by atoms with E-state index in [2.05, 4.69) is 122 Å². The molecule has 1 fully saturated rings. The Bertz CT molecular complexity index is 2440. The predicted molar refractivity (Wildman–Crippen MR) is 230 cm³/mol. The highest BCUT2D eigenvalue weighted by molar-refractivity contribution is 6.99. The summed E-state index contributed by atoms with van der Waals surface area (Å²) < 4.78 is 34.9. The van der Waals surface area contributed by atoms with Crippen molar-refractivity contribution >= 4 is 46.5 Å². The molecule has 292 valence electrons. The zero-order valence-corrected chi connectivity index (χ0v) is 34.5. The van der Waals surface area contributed by atoms with Gasteiger partial charge in [-0.2, -0.15) is 0 Å². The van der Waals surface area contributed by atoms with Crippen molar-refractivity contribution in [2.24, 2.45) is 5.92 Å². The second-order valence-corrected chi connectivity index (χ2v) is 20.3. The number of hydrogen-bond donors (Lipinski definition) is 0. The Kier molecular flexibility index (Phi) is 10.8. The van der Waals surface area contributed by atoms with Crippen LogP contribution in [0.1, 0.15) is 62.0 Å². The van der Waals surface area contributed by atoms with Crippen LogP contribution in [0.25, 0.3) is 33.3 Å². The number of para-hydroxylation sites is 1. The highest BCUT2D eigenvalue weighted by Gasteiger charge is 2.50. The fourth-order valence-corrected chi connectivity index (χ4v) is 12.9. The monoisotopic (exact) mass is 777 g/mol. The van der Waals surface area contributed by atoms with Crippen molar-refractivity contribution in [3.63, 3.8) is 0 Å². The molecule has 5 aromatic carbocycles. The third kappa shape index (κ3) is 7.52. The van der Waals surface area contributed by atoms with E-state index in [1.165, 1.54) is 23.2 Å². The lowest BCUT2D eigenvalue weighted by Crippen LogP contribution is -2.66. The number of ether oxygens (including phenoxy) is 3. The first-order chi connectivity index (χ1) is 27.7. The van der Waals surface area contributed by atoms with Gasteiger partial charge in [-0.15, -0.1) is 0 Å². The van der Waals surface area contributed by atoms with Gasteiger partial charge in [-0.25, -0.2) is 4.79 Å². The lowest BCUT2D eigenvalue weighted by atomic mass is 10.0. The minimum absolute atomic E-state index is 0.184. The molecule has 7 aromatic rings. The molecular weight excluding hydrogens is 727 g/mol. The van der Waals surface area contributed by atoms with E-state index < -0.39 is 14.3 Å². The van der Waals surface area contributed by atoms with Gasteiger partial charge in [-0.05, 0) is 77.3 Å². The average molecular weight is 778 g/mol. The summed E-state index contributed by atoms with van der Waals surface area (Å²) in [5.41, 5.74) is 5.04. The summed E-state index contributed by atoms with van der Waals surface area (Å²) in [5.74, 6) is 2.27. The van der Waals surface area contributed by atoms with Crippen molar-refractivity contribution in [2.45, 2.75) is 65.1 Å². The Labute approximate surface area is 336 Å². The molecule has 0 atom stereocenters. The van der Waals surface area contributed by atoms with Crippen molar-refractivity contribution in [2.75, 3.05) is 20.3 Å². The number of methoxy groups -OCH3 is 1. The quantitative estimate of drug-likeness (QED) is 0.0763. The van der Waals surface area contributed by atoms with Gasteiger partial charge in [0.05, 0.1) is 35.9 Å². The number of furan rings is 1. The molecule has 8 heteroatoms. The fourth-order valence-electron chi connectivity index (χ4n) is 8.34. The van der Waals surface area contributed by atoms with E-state index in [1.54, 1.807) is 26.2 Å². The van der Waals surface area contributed by atoms with Crippen LogP contribution >= 0.6 is 0 Å². The van der Waals surface area contributed by atoms with E-state index in [-0.39, 0.29) is 11.6 Å². The van der Waals surface area contributed by atoms with Crippen molar-refractivity contribution < 1.29 is 27.8 Å². The molecule has 1 saturated carbocycles. The average Bonchev–Trinajstić information content (AvgIpc) is 3.87.